The quantitative estimate of drug-likeness (QED) is 0.723. The molecule has 1 aromatic carbocycles. The Kier molecular flexibility index (Phi) is 6.44. The smallest absolute Gasteiger partial charge is 0.315 e. The minimum atomic E-state index is -0.174. The zero-order valence-corrected chi connectivity index (χ0v) is 14.0. The van der Waals surface area contributed by atoms with E-state index in [9.17, 15) is 9.59 Å². The molecule has 5 heteroatoms. The van der Waals surface area contributed by atoms with Gasteiger partial charge in [-0.3, -0.25) is 4.79 Å². The first-order valence-corrected chi connectivity index (χ1v) is 8.52. The lowest BCUT2D eigenvalue weighted by Gasteiger charge is -2.27. The minimum Gasteiger partial charge on any atom is -0.352 e. The van der Waals surface area contributed by atoms with Crippen molar-refractivity contribution in [2.45, 2.75) is 51.6 Å². The monoisotopic (exact) mass is 317 g/mol. The number of urea groups is 1. The van der Waals surface area contributed by atoms with Crippen molar-refractivity contribution in [3.8, 4) is 0 Å². The molecular weight excluding hydrogens is 290 g/mol. The van der Waals surface area contributed by atoms with Crippen molar-refractivity contribution < 1.29 is 9.59 Å². The van der Waals surface area contributed by atoms with Crippen molar-refractivity contribution in [1.82, 2.24) is 16.0 Å². The number of carbonyl (C=O) groups is 2. The molecule has 1 saturated heterocycles. The fourth-order valence-electron chi connectivity index (χ4n) is 3.13. The van der Waals surface area contributed by atoms with Crippen LogP contribution in [0.25, 0.3) is 0 Å². The highest BCUT2D eigenvalue weighted by atomic mass is 16.2. The van der Waals surface area contributed by atoms with Crippen molar-refractivity contribution in [3.63, 3.8) is 0 Å². The van der Waals surface area contributed by atoms with Gasteiger partial charge < -0.3 is 16.0 Å². The van der Waals surface area contributed by atoms with Gasteiger partial charge in [0.25, 0.3) is 0 Å². The highest BCUT2D eigenvalue weighted by Crippen LogP contribution is 2.27. The maximum absolute atomic E-state index is 12.3. The number of benzene rings is 1. The Bertz CT molecular complexity index is 514. The molecule has 1 heterocycles. The van der Waals surface area contributed by atoms with Gasteiger partial charge in [-0.1, -0.05) is 57.0 Å². The van der Waals surface area contributed by atoms with Gasteiger partial charge >= 0.3 is 6.03 Å². The standard InChI is InChI=1S/C18H27N3O2/c1-3-13(4-2)17(14-8-6-5-7-9-14)21-18(23)19-12-15-10-11-16(22)20-15/h5-9,13,15,17H,3-4,10-12H2,1-2H3,(H,20,22)(H2,19,21,23)/t15-,17-/m0/s1. The van der Waals surface area contributed by atoms with Crippen LogP contribution in [0.5, 0.6) is 0 Å². The molecule has 1 aliphatic heterocycles. The van der Waals surface area contributed by atoms with Crippen molar-refractivity contribution in [3.05, 3.63) is 35.9 Å². The molecule has 0 radical (unpaired) electrons. The minimum absolute atomic E-state index is 0.00405. The van der Waals surface area contributed by atoms with E-state index in [2.05, 4.69) is 41.9 Å². The van der Waals surface area contributed by atoms with Gasteiger partial charge in [-0.05, 0) is 17.9 Å². The average molecular weight is 317 g/mol. The van der Waals surface area contributed by atoms with Gasteiger partial charge in [-0.25, -0.2) is 4.79 Å². The van der Waals surface area contributed by atoms with Crippen LogP contribution in [0.15, 0.2) is 30.3 Å². The zero-order chi connectivity index (χ0) is 16.7. The second-order valence-corrected chi connectivity index (χ2v) is 6.12. The van der Waals surface area contributed by atoms with Crippen molar-refractivity contribution in [2.24, 2.45) is 5.92 Å². The van der Waals surface area contributed by atoms with Gasteiger partial charge in [0.05, 0.1) is 6.04 Å². The van der Waals surface area contributed by atoms with Crippen LogP contribution in [0.1, 0.15) is 51.1 Å². The number of carbonyl (C=O) groups excluding carboxylic acids is 2. The third kappa shape index (κ3) is 4.98. The van der Waals surface area contributed by atoms with E-state index in [-0.39, 0.29) is 24.0 Å². The van der Waals surface area contributed by atoms with E-state index < -0.39 is 0 Å². The van der Waals surface area contributed by atoms with Gasteiger partial charge in [0, 0.05) is 19.0 Å². The van der Waals surface area contributed by atoms with Crippen LogP contribution in [0, 0.1) is 5.92 Å². The Morgan fingerprint density at radius 2 is 1.96 bits per heavy atom. The molecule has 1 fully saturated rings. The van der Waals surface area contributed by atoms with E-state index in [1.165, 1.54) is 0 Å². The summed E-state index contributed by atoms with van der Waals surface area (Å²) in [6, 6.07) is 9.97. The van der Waals surface area contributed by atoms with E-state index >= 15 is 0 Å². The van der Waals surface area contributed by atoms with Gasteiger partial charge in [-0.2, -0.15) is 0 Å². The molecular formula is C18H27N3O2. The van der Waals surface area contributed by atoms with Crippen molar-refractivity contribution >= 4 is 11.9 Å². The van der Waals surface area contributed by atoms with Crippen molar-refractivity contribution in [1.29, 1.82) is 0 Å². The van der Waals surface area contributed by atoms with Crippen LogP contribution < -0.4 is 16.0 Å². The number of hydrogen-bond donors (Lipinski definition) is 3. The number of nitrogens with one attached hydrogen (secondary N) is 3. The summed E-state index contributed by atoms with van der Waals surface area (Å²) in [6.07, 6.45) is 3.35. The van der Waals surface area contributed by atoms with E-state index in [0.717, 1.165) is 24.8 Å². The number of amides is 3. The molecule has 0 aromatic heterocycles. The summed E-state index contributed by atoms with van der Waals surface area (Å²) in [6.45, 7) is 4.78. The summed E-state index contributed by atoms with van der Waals surface area (Å²) in [4.78, 5) is 23.5. The Hall–Kier alpha value is -2.04. The Balaban J connectivity index is 1.94. The fourth-order valence-corrected chi connectivity index (χ4v) is 3.13. The lowest BCUT2D eigenvalue weighted by molar-refractivity contribution is -0.119. The molecule has 23 heavy (non-hydrogen) atoms. The third-order valence-corrected chi connectivity index (χ3v) is 4.56. The molecule has 0 spiro atoms. The van der Waals surface area contributed by atoms with E-state index in [1.807, 2.05) is 18.2 Å². The molecule has 3 N–H and O–H groups in total. The van der Waals surface area contributed by atoms with Crippen LogP contribution >= 0.6 is 0 Å². The first-order valence-electron chi connectivity index (χ1n) is 8.52. The summed E-state index contributed by atoms with van der Waals surface area (Å²) >= 11 is 0. The first kappa shape index (κ1) is 17.3. The Labute approximate surface area is 138 Å². The predicted molar refractivity (Wildman–Crippen MR) is 91.0 cm³/mol. The zero-order valence-electron chi connectivity index (χ0n) is 14.0. The average Bonchev–Trinajstić information content (AvgIpc) is 2.99. The normalized spacial score (nSPS) is 18.6. The third-order valence-electron chi connectivity index (χ3n) is 4.56. The summed E-state index contributed by atoms with van der Waals surface area (Å²) < 4.78 is 0. The van der Waals surface area contributed by atoms with Crippen LogP contribution in [0.4, 0.5) is 4.79 Å². The molecule has 5 nitrogen and oxygen atoms in total. The maximum Gasteiger partial charge on any atom is 0.315 e. The van der Waals surface area contributed by atoms with E-state index in [4.69, 9.17) is 0 Å². The second kappa shape index (κ2) is 8.56. The number of hydrogen-bond acceptors (Lipinski definition) is 2. The molecule has 2 atom stereocenters. The van der Waals surface area contributed by atoms with E-state index in [0.29, 0.717) is 18.9 Å². The highest BCUT2D eigenvalue weighted by Gasteiger charge is 2.24. The van der Waals surface area contributed by atoms with Crippen molar-refractivity contribution in [2.75, 3.05) is 6.54 Å². The topological polar surface area (TPSA) is 70.2 Å². The van der Waals surface area contributed by atoms with Crippen LogP contribution in [0.3, 0.4) is 0 Å². The molecule has 1 aromatic rings. The van der Waals surface area contributed by atoms with Gasteiger partial charge in [0.15, 0.2) is 0 Å². The lowest BCUT2D eigenvalue weighted by Crippen LogP contribution is -2.45. The molecule has 0 saturated carbocycles. The Morgan fingerprint density at radius 1 is 1.26 bits per heavy atom. The molecule has 3 amide bonds. The predicted octanol–water partition coefficient (Wildman–Crippen LogP) is 2.74. The number of rotatable bonds is 7. The molecule has 0 aliphatic carbocycles. The lowest BCUT2D eigenvalue weighted by atomic mass is 9.89. The van der Waals surface area contributed by atoms with Crippen LogP contribution in [-0.4, -0.2) is 24.5 Å². The highest BCUT2D eigenvalue weighted by molar-refractivity contribution is 5.79. The SMILES string of the molecule is CCC(CC)[C@H](NC(=O)NC[C@@H]1CCC(=O)N1)c1ccccc1. The second-order valence-electron chi connectivity index (χ2n) is 6.12. The molecule has 2 rings (SSSR count). The van der Waals surface area contributed by atoms with Gasteiger partial charge in [-0.15, -0.1) is 0 Å². The summed E-state index contributed by atoms with van der Waals surface area (Å²) in [5.41, 5.74) is 1.13. The maximum atomic E-state index is 12.3. The molecule has 126 valence electrons. The Morgan fingerprint density at radius 3 is 2.52 bits per heavy atom. The fraction of sp³-hybridized carbons (Fsp3) is 0.556. The van der Waals surface area contributed by atoms with E-state index in [1.54, 1.807) is 0 Å². The van der Waals surface area contributed by atoms with Gasteiger partial charge in [0.2, 0.25) is 5.91 Å². The molecule has 0 unspecified atom stereocenters. The summed E-state index contributed by atoms with van der Waals surface area (Å²) in [7, 11) is 0. The largest absolute Gasteiger partial charge is 0.352 e. The van der Waals surface area contributed by atoms with Gasteiger partial charge in [0.1, 0.15) is 0 Å². The van der Waals surface area contributed by atoms with Crippen LogP contribution in [-0.2, 0) is 4.79 Å². The molecule has 1 aliphatic rings. The summed E-state index contributed by atoms with van der Waals surface area (Å²) in [5, 5.41) is 8.85. The van der Waals surface area contributed by atoms with Crippen LogP contribution in [0.2, 0.25) is 0 Å². The summed E-state index contributed by atoms with van der Waals surface area (Å²) in [5.74, 6) is 0.464. The first-order chi connectivity index (χ1) is 11.1. The molecule has 0 bridgehead atoms.